The lowest BCUT2D eigenvalue weighted by Gasteiger charge is -2.21. The van der Waals surface area contributed by atoms with Crippen molar-refractivity contribution in [2.45, 2.75) is 36.2 Å². The minimum absolute atomic E-state index is 0.268. The molecule has 1 aromatic carbocycles. The first kappa shape index (κ1) is 12.0. The summed E-state index contributed by atoms with van der Waals surface area (Å²) >= 11 is 2.45. The summed E-state index contributed by atoms with van der Waals surface area (Å²) in [6, 6.07) is 10.7. The molecule has 1 aromatic rings. The maximum Gasteiger partial charge on any atom is 0.0180 e. The lowest BCUT2D eigenvalue weighted by molar-refractivity contribution is 0.544. The van der Waals surface area contributed by atoms with Crippen LogP contribution in [0.3, 0.4) is 0 Å². The SMILES string of the molecule is CC(C)(I)CC(N)Cc1ccccc1. The monoisotopic (exact) mass is 303 g/mol. The molecule has 0 spiro atoms. The maximum atomic E-state index is 6.09. The Morgan fingerprint density at radius 1 is 1.29 bits per heavy atom. The van der Waals surface area contributed by atoms with Crippen molar-refractivity contribution in [2.75, 3.05) is 0 Å². The maximum absolute atomic E-state index is 6.09. The Hall–Kier alpha value is -0.0900. The predicted molar refractivity (Wildman–Crippen MR) is 70.8 cm³/mol. The molecule has 0 heterocycles. The number of hydrogen-bond donors (Lipinski definition) is 1. The van der Waals surface area contributed by atoms with Crippen LogP contribution in [0.15, 0.2) is 30.3 Å². The Balaban J connectivity index is 2.46. The second-order valence-electron chi connectivity index (χ2n) is 4.37. The van der Waals surface area contributed by atoms with Gasteiger partial charge in [0.25, 0.3) is 0 Å². The minimum atomic E-state index is 0.268. The van der Waals surface area contributed by atoms with E-state index < -0.39 is 0 Å². The van der Waals surface area contributed by atoms with Gasteiger partial charge in [-0.1, -0.05) is 66.8 Å². The molecule has 2 heteroatoms. The van der Waals surface area contributed by atoms with E-state index in [2.05, 4.69) is 60.7 Å². The highest BCUT2D eigenvalue weighted by molar-refractivity contribution is 14.1. The summed E-state index contributed by atoms with van der Waals surface area (Å²) in [5, 5.41) is 0. The Morgan fingerprint density at radius 2 is 1.86 bits per heavy atom. The summed E-state index contributed by atoms with van der Waals surface area (Å²) in [5.41, 5.74) is 7.42. The standard InChI is InChI=1S/C12H18IN/c1-12(2,13)9-11(14)8-10-6-4-3-5-7-10/h3-7,11H,8-9,14H2,1-2H3. The zero-order chi connectivity index (χ0) is 10.6. The molecular formula is C12H18IN. The molecule has 0 amide bonds. The first-order valence-corrected chi connectivity index (χ1v) is 6.04. The summed E-state index contributed by atoms with van der Waals surface area (Å²) < 4.78 is 0.298. The molecule has 14 heavy (non-hydrogen) atoms. The molecule has 1 atom stereocenters. The first-order chi connectivity index (χ1) is 6.47. The largest absolute Gasteiger partial charge is 0.327 e. The number of hydrogen-bond acceptors (Lipinski definition) is 1. The molecule has 1 unspecified atom stereocenters. The van der Waals surface area contributed by atoms with E-state index in [4.69, 9.17) is 5.73 Å². The fourth-order valence-electron chi connectivity index (χ4n) is 1.61. The highest BCUT2D eigenvalue weighted by atomic mass is 127. The smallest absolute Gasteiger partial charge is 0.0180 e. The highest BCUT2D eigenvalue weighted by Gasteiger charge is 2.17. The van der Waals surface area contributed by atoms with Crippen molar-refractivity contribution in [1.82, 2.24) is 0 Å². The Morgan fingerprint density at radius 3 is 2.36 bits per heavy atom. The number of benzene rings is 1. The summed E-state index contributed by atoms with van der Waals surface area (Å²) in [4.78, 5) is 0. The number of rotatable bonds is 4. The van der Waals surface area contributed by atoms with Crippen LogP contribution >= 0.6 is 22.6 Å². The van der Waals surface area contributed by atoms with Crippen molar-refractivity contribution < 1.29 is 0 Å². The first-order valence-electron chi connectivity index (χ1n) is 4.96. The van der Waals surface area contributed by atoms with Gasteiger partial charge in [0, 0.05) is 9.46 Å². The topological polar surface area (TPSA) is 26.0 Å². The predicted octanol–water partition coefficient (Wildman–Crippen LogP) is 3.16. The zero-order valence-corrected chi connectivity index (χ0v) is 11.0. The van der Waals surface area contributed by atoms with Crippen LogP contribution in [0.2, 0.25) is 0 Å². The van der Waals surface area contributed by atoms with Crippen molar-refractivity contribution in [3.05, 3.63) is 35.9 Å². The molecule has 78 valence electrons. The molecule has 0 fully saturated rings. The Kier molecular flexibility index (Phi) is 4.38. The quantitative estimate of drug-likeness (QED) is 0.671. The van der Waals surface area contributed by atoms with E-state index >= 15 is 0 Å². The van der Waals surface area contributed by atoms with E-state index in [0.717, 1.165) is 12.8 Å². The number of halogens is 1. The molecule has 0 radical (unpaired) electrons. The van der Waals surface area contributed by atoms with Gasteiger partial charge in [-0.2, -0.15) is 0 Å². The molecule has 1 rings (SSSR count). The van der Waals surface area contributed by atoms with Crippen LogP contribution in [0.4, 0.5) is 0 Å². The van der Waals surface area contributed by atoms with Gasteiger partial charge in [-0.15, -0.1) is 0 Å². The molecular weight excluding hydrogens is 285 g/mol. The fraction of sp³-hybridized carbons (Fsp3) is 0.500. The van der Waals surface area contributed by atoms with E-state index in [1.165, 1.54) is 5.56 Å². The Labute approximate surface area is 100 Å². The van der Waals surface area contributed by atoms with E-state index in [9.17, 15) is 0 Å². The third kappa shape index (κ3) is 4.96. The van der Waals surface area contributed by atoms with Crippen molar-refractivity contribution in [2.24, 2.45) is 5.73 Å². The molecule has 0 aliphatic carbocycles. The Bertz CT molecular complexity index is 263. The number of alkyl halides is 1. The van der Waals surface area contributed by atoms with Gasteiger partial charge >= 0.3 is 0 Å². The second kappa shape index (κ2) is 5.12. The van der Waals surface area contributed by atoms with Gasteiger partial charge < -0.3 is 5.73 Å². The van der Waals surface area contributed by atoms with E-state index in [-0.39, 0.29) is 6.04 Å². The van der Waals surface area contributed by atoms with Crippen LogP contribution in [0, 0.1) is 0 Å². The van der Waals surface area contributed by atoms with Crippen LogP contribution in [0.5, 0.6) is 0 Å². The van der Waals surface area contributed by atoms with Crippen LogP contribution < -0.4 is 5.73 Å². The summed E-state index contributed by atoms with van der Waals surface area (Å²) in [5.74, 6) is 0. The lowest BCUT2D eigenvalue weighted by atomic mass is 9.98. The summed E-state index contributed by atoms with van der Waals surface area (Å²) in [7, 11) is 0. The third-order valence-electron chi connectivity index (χ3n) is 2.09. The van der Waals surface area contributed by atoms with E-state index in [0.29, 0.717) is 3.42 Å². The summed E-state index contributed by atoms with van der Waals surface area (Å²) in [6.07, 6.45) is 2.04. The van der Waals surface area contributed by atoms with Gasteiger partial charge in [0.05, 0.1) is 0 Å². The highest BCUT2D eigenvalue weighted by Crippen LogP contribution is 2.23. The summed E-state index contributed by atoms with van der Waals surface area (Å²) in [6.45, 7) is 4.44. The van der Waals surface area contributed by atoms with Crippen LogP contribution in [0.25, 0.3) is 0 Å². The molecule has 2 N–H and O–H groups in total. The molecule has 0 saturated carbocycles. The van der Waals surface area contributed by atoms with E-state index in [1.54, 1.807) is 0 Å². The molecule has 0 saturated heterocycles. The van der Waals surface area contributed by atoms with Gasteiger partial charge in [0.15, 0.2) is 0 Å². The van der Waals surface area contributed by atoms with Crippen molar-refractivity contribution in [3.8, 4) is 0 Å². The van der Waals surface area contributed by atoms with E-state index in [1.807, 2.05) is 6.07 Å². The van der Waals surface area contributed by atoms with Crippen LogP contribution in [-0.4, -0.2) is 9.46 Å². The van der Waals surface area contributed by atoms with Crippen LogP contribution in [0.1, 0.15) is 25.8 Å². The normalized spacial score (nSPS) is 14.0. The lowest BCUT2D eigenvalue weighted by Crippen LogP contribution is -2.29. The minimum Gasteiger partial charge on any atom is -0.327 e. The third-order valence-corrected chi connectivity index (χ3v) is 2.53. The average molecular weight is 303 g/mol. The van der Waals surface area contributed by atoms with Gasteiger partial charge in [-0.05, 0) is 18.4 Å². The molecule has 0 aromatic heterocycles. The van der Waals surface area contributed by atoms with Crippen molar-refractivity contribution in [1.29, 1.82) is 0 Å². The van der Waals surface area contributed by atoms with Gasteiger partial charge in [-0.25, -0.2) is 0 Å². The van der Waals surface area contributed by atoms with Crippen molar-refractivity contribution >= 4 is 22.6 Å². The van der Waals surface area contributed by atoms with Gasteiger partial charge in [0.2, 0.25) is 0 Å². The van der Waals surface area contributed by atoms with Crippen LogP contribution in [-0.2, 0) is 6.42 Å². The fourth-order valence-corrected chi connectivity index (χ4v) is 2.18. The zero-order valence-electron chi connectivity index (χ0n) is 8.83. The number of nitrogens with two attached hydrogens (primary N) is 1. The molecule has 0 aliphatic rings. The molecule has 1 nitrogen and oxygen atoms in total. The van der Waals surface area contributed by atoms with Gasteiger partial charge in [0.1, 0.15) is 0 Å². The molecule has 0 bridgehead atoms. The van der Waals surface area contributed by atoms with Gasteiger partial charge in [-0.3, -0.25) is 0 Å². The molecule has 0 aliphatic heterocycles. The average Bonchev–Trinajstić information content (AvgIpc) is 2.02. The van der Waals surface area contributed by atoms with Crippen molar-refractivity contribution in [3.63, 3.8) is 0 Å². The second-order valence-corrected chi connectivity index (χ2v) is 7.29.